The fourth-order valence-electron chi connectivity index (χ4n) is 3.38. The lowest BCUT2D eigenvalue weighted by atomic mass is 9.76. The summed E-state index contributed by atoms with van der Waals surface area (Å²) in [6.45, 7) is 2.19. The summed E-state index contributed by atoms with van der Waals surface area (Å²) in [6.07, 6.45) is 4.97. The van der Waals surface area contributed by atoms with E-state index in [4.69, 9.17) is 0 Å². The lowest BCUT2D eigenvalue weighted by molar-refractivity contribution is 0.411. The Morgan fingerprint density at radius 1 is 1.33 bits per heavy atom. The smallest absolute Gasteiger partial charge is 0.146 e. The zero-order valence-corrected chi connectivity index (χ0v) is 9.02. The predicted molar refractivity (Wildman–Crippen MR) is 59.6 cm³/mol. The van der Waals surface area contributed by atoms with E-state index in [0.717, 1.165) is 5.69 Å². The van der Waals surface area contributed by atoms with Gasteiger partial charge in [-0.3, -0.25) is 0 Å². The zero-order chi connectivity index (χ0) is 10.5. The number of anilines is 1. The Labute approximate surface area is 89.7 Å². The molecule has 80 valence electrons. The van der Waals surface area contributed by atoms with E-state index in [1.807, 2.05) is 6.07 Å². The molecule has 1 spiro atoms. The lowest BCUT2D eigenvalue weighted by Crippen LogP contribution is -2.33. The van der Waals surface area contributed by atoms with Gasteiger partial charge in [0.25, 0.3) is 0 Å². The van der Waals surface area contributed by atoms with Crippen molar-refractivity contribution in [1.29, 1.82) is 0 Å². The second-order valence-corrected chi connectivity index (χ2v) is 4.89. The van der Waals surface area contributed by atoms with Gasteiger partial charge in [-0.15, -0.1) is 0 Å². The fourth-order valence-corrected chi connectivity index (χ4v) is 3.38. The van der Waals surface area contributed by atoms with Crippen LogP contribution in [0.2, 0.25) is 0 Å². The van der Waals surface area contributed by atoms with Crippen LogP contribution in [-0.2, 0) is 5.41 Å². The first-order valence-corrected chi connectivity index (χ1v) is 5.79. The van der Waals surface area contributed by atoms with Crippen molar-refractivity contribution in [3.8, 4) is 0 Å². The van der Waals surface area contributed by atoms with E-state index in [9.17, 15) is 4.39 Å². The molecule has 1 saturated carbocycles. The molecule has 1 nitrogen and oxygen atoms in total. The maximum absolute atomic E-state index is 13.6. The van der Waals surface area contributed by atoms with Crippen LogP contribution in [0.25, 0.3) is 0 Å². The quantitative estimate of drug-likeness (QED) is 0.684. The summed E-state index contributed by atoms with van der Waals surface area (Å²) in [4.78, 5) is 0. The molecule has 1 atom stereocenters. The Morgan fingerprint density at radius 3 is 2.80 bits per heavy atom. The van der Waals surface area contributed by atoms with Gasteiger partial charge in [0, 0.05) is 11.5 Å². The summed E-state index contributed by atoms with van der Waals surface area (Å²) in [6, 6.07) is 5.87. The topological polar surface area (TPSA) is 12.0 Å². The summed E-state index contributed by atoms with van der Waals surface area (Å²) in [7, 11) is 0. The molecule has 0 saturated heterocycles. The monoisotopic (exact) mass is 205 g/mol. The molecule has 0 bridgehead atoms. The second kappa shape index (κ2) is 2.97. The standard InChI is InChI=1S/C13H16FN/c1-9-13(7-2-3-8-13)10-5-4-6-11(14)12(10)15-9/h4-6,9,15H,2-3,7-8H2,1H3. The van der Waals surface area contributed by atoms with E-state index >= 15 is 0 Å². The van der Waals surface area contributed by atoms with Gasteiger partial charge < -0.3 is 5.32 Å². The summed E-state index contributed by atoms with van der Waals surface area (Å²) >= 11 is 0. The van der Waals surface area contributed by atoms with Crippen molar-refractivity contribution in [1.82, 2.24) is 0 Å². The maximum atomic E-state index is 13.6. The molecule has 1 N–H and O–H groups in total. The number of nitrogens with one attached hydrogen (secondary N) is 1. The number of hydrogen-bond acceptors (Lipinski definition) is 1. The second-order valence-electron chi connectivity index (χ2n) is 4.89. The fraction of sp³-hybridized carbons (Fsp3) is 0.538. The molecule has 1 aromatic rings. The first-order valence-electron chi connectivity index (χ1n) is 5.79. The third-order valence-electron chi connectivity index (χ3n) is 4.24. The number of fused-ring (bicyclic) bond motifs is 2. The molecule has 1 aliphatic carbocycles. The van der Waals surface area contributed by atoms with Gasteiger partial charge >= 0.3 is 0 Å². The molecule has 1 fully saturated rings. The van der Waals surface area contributed by atoms with Gasteiger partial charge in [0.15, 0.2) is 0 Å². The number of rotatable bonds is 0. The SMILES string of the molecule is CC1Nc2c(F)cccc2C12CCCC2. The largest absolute Gasteiger partial charge is 0.379 e. The summed E-state index contributed by atoms with van der Waals surface area (Å²) in [5.74, 6) is -0.0943. The highest BCUT2D eigenvalue weighted by Crippen LogP contribution is 2.51. The van der Waals surface area contributed by atoms with Gasteiger partial charge in [0.2, 0.25) is 0 Å². The van der Waals surface area contributed by atoms with Crippen molar-refractivity contribution >= 4 is 5.69 Å². The average molecular weight is 205 g/mol. The van der Waals surface area contributed by atoms with Crippen LogP contribution in [0.3, 0.4) is 0 Å². The molecule has 1 aromatic carbocycles. The minimum Gasteiger partial charge on any atom is -0.379 e. The number of para-hydroxylation sites is 1. The van der Waals surface area contributed by atoms with Crippen LogP contribution in [0.4, 0.5) is 10.1 Å². The minimum absolute atomic E-state index is 0.0943. The van der Waals surface area contributed by atoms with Crippen molar-refractivity contribution in [2.75, 3.05) is 5.32 Å². The molecule has 0 radical (unpaired) electrons. The number of hydrogen-bond donors (Lipinski definition) is 1. The number of benzene rings is 1. The van der Waals surface area contributed by atoms with Gasteiger partial charge in [0.05, 0.1) is 5.69 Å². The molecule has 2 heteroatoms. The molecule has 15 heavy (non-hydrogen) atoms. The van der Waals surface area contributed by atoms with Gasteiger partial charge in [0.1, 0.15) is 5.82 Å². The summed E-state index contributed by atoms with van der Waals surface area (Å²) < 4.78 is 13.6. The summed E-state index contributed by atoms with van der Waals surface area (Å²) in [5.41, 5.74) is 2.19. The van der Waals surface area contributed by atoms with Gasteiger partial charge in [-0.1, -0.05) is 25.0 Å². The Hall–Kier alpha value is -1.05. The highest BCUT2D eigenvalue weighted by molar-refractivity contribution is 5.63. The molecule has 3 rings (SSSR count). The van der Waals surface area contributed by atoms with Crippen molar-refractivity contribution in [2.24, 2.45) is 0 Å². The van der Waals surface area contributed by atoms with E-state index in [1.165, 1.54) is 31.2 Å². The molecular weight excluding hydrogens is 189 g/mol. The van der Waals surface area contributed by atoms with E-state index < -0.39 is 0 Å². The van der Waals surface area contributed by atoms with Crippen LogP contribution in [-0.4, -0.2) is 6.04 Å². The van der Waals surface area contributed by atoms with E-state index in [1.54, 1.807) is 6.07 Å². The lowest BCUT2D eigenvalue weighted by Gasteiger charge is -2.28. The van der Waals surface area contributed by atoms with Crippen LogP contribution in [0.15, 0.2) is 18.2 Å². The Balaban J connectivity index is 2.17. The molecule has 1 unspecified atom stereocenters. The normalized spacial score (nSPS) is 26.7. The van der Waals surface area contributed by atoms with Crippen molar-refractivity contribution in [2.45, 2.75) is 44.1 Å². The van der Waals surface area contributed by atoms with E-state index in [2.05, 4.69) is 18.3 Å². The molecule has 0 amide bonds. The first-order chi connectivity index (χ1) is 7.24. The van der Waals surface area contributed by atoms with Crippen molar-refractivity contribution < 1.29 is 4.39 Å². The minimum atomic E-state index is -0.0943. The molecule has 2 aliphatic rings. The van der Waals surface area contributed by atoms with Crippen molar-refractivity contribution in [3.63, 3.8) is 0 Å². The predicted octanol–water partition coefficient (Wildman–Crippen LogP) is 3.45. The van der Waals surface area contributed by atoms with Crippen LogP contribution in [0.5, 0.6) is 0 Å². The van der Waals surface area contributed by atoms with Gasteiger partial charge in [-0.2, -0.15) is 0 Å². The van der Waals surface area contributed by atoms with Gasteiger partial charge in [-0.05, 0) is 31.4 Å². The Kier molecular flexibility index (Phi) is 1.82. The van der Waals surface area contributed by atoms with Crippen LogP contribution < -0.4 is 5.32 Å². The highest BCUT2D eigenvalue weighted by Gasteiger charge is 2.46. The van der Waals surface area contributed by atoms with Crippen LogP contribution in [0.1, 0.15) is 38.2 Å². The van der Waals surface area contributed by atoms with E-state index in [0.29, 0.717) is 6.04 Å². The highest BCUT2D eigenvalue weighted by atomic mass is 19.1. The number of halogens is 1. The third-order valence-corrected chi connectivity index (χ3v) is 4.24. The molecule has 1 aliphatic heterocycles. The van der Waals surface area contributed by atoms with Crippen molar-refractivity contribution in [3.05, 3.63) is 29.6 Å². The molecular formula is C13H16FN. The Morgan fingerprint density at radius 2 is 2.07 bits per heavy atom. The zero-order valence-electron chi connectivity index (χ0n) is 9.02. The third kappa shape index (κ3) is 1.08. The van der Waals surface area contributed by atoms with Crippen LogP contribution >= 0.6 is 0 Å². The molecule has 1 heterocycles. The maximum Gasteiger partial charge on any atom is 0.146 e. The van der Waals surface area contributed by atoms with Gasteiger partial charge in [-0.25, -0.2) is 4.39 Å². The molecule has 0 aromatic heterocycles. The Bertz CT molecular complexity index is 394. The van der Waals surface area contributed by atoms with Crippen LogP contribution in [0, 0.1) is 5.82 Å². The summed E-state index contributed by atoms with van der Waals surface area (Å²) in [5, 5.41) is 3.32. The first kappa shape index (κ1) is 9.20. The van der Waals surface area contributed by atoms with E-state index in [-0.39, 0.29) is 11.2 Å². The average Bonchev–Trinajstić information content (AvgIpc) is 2.79.